The Kier molecular flexibility index (Phi) is 6.81. The highest BCUT2D eigenvalue weighted by Gasteiger charge is 2.35. The van der Waals surface area contributed by atoms with Crippen LogP contribution in [0.2, 0.25) is 0 Å². The van der Waals surface area contributed by atoms with Crippen molar-refractivity contribution in [1.29, 1.82) is 0 Å². The minimum absolute atomic E-state index is 0.921. The van der Waals surface area contributed by atoms with Crippen molar-refractivity contribution in [3.63, 3.8) is 0 Å². The molecular weight excluding hydrogens is 260 g/mol. The molecule has 1 heterocycles. The monoisotopic (exact) mass is 294 g/mol. The molecule has 4 nitrogen and oxygen atoms in total. The van der Waals surface area contributed by atoms with Crippen molar-refractivity contribution in [2.45, 2.75) is 45.4 Å². The van der Waals surface area contributed by atoms with Gasteiger partial charge in [-0.15, -0.1) is 0 Å². The highest BCUT2D eigenvalue weighted by Crippen LogP contribution is 2.35. The SMILES string of the molecule is CCCCN(C)CCNC(=NC)N1CC2CCCCC2C1. The van der Waals surface area contributed by atoms with Gasteiger partial charge in [0.25, 0.3) is 0 Å². The van der Waals surface area contributed by atoms with Gasteiger partial charge in [0.1, 0.15) is 0 Å². The van der Waals surface area contributed by atoms with Crippen molar-refractivity contribution in [1.82, 2.24) is 15.1 Å². The summed E-state index contributed by atoms with van der Waals surface area (Å²) in [5.74, 6) is 2.96. The number of hydrogen-bond acceptors (Lipinski definition) is 2. The first-order valence-electron chi connectivity index (χ1n) is 8.88. The fourth-order valence-corrected chi connectivity index (χ4v) is 3.81. The third-order valence-electron chi connectivity index (χ3n) is 5.16. The molecular formula is C17H34N4. The van der Waals surface area contributed by atoms with Gasteiger partial charge in [-0.1, -0.05) is 26.2 Å². The van der Waals surface area contributed by atoms with Crippen LogP contribution in [0.1, 0.15) is 45.4 Å². The van der Waals surface area contributed by atoms with Gasteiger partial charge in [0.05, 0.1) is 0 Å². The quantitative estimate of drug-likeness (QED) is 0.603. The molecule has 1 saturated heterocycles. The number of likely N-dealkylation sites (N-methyl/N-ethyl adjacent to an activating group) is 1. The fraction of sp³-hybridized carbons (Fsp3) is 0.941. The summed E-state index contributed by atoms with van der Waals surface area (Å²) in [6.07, 6.45) is 8.29. The lowest BCUT2D eigenvalue weighted by atomic mass is 9.82. The number of guanidine groups is 1. The number of hydrogen-bond donors (Lipinski definition) is 1. The molecule has 0 spiro atoms. The first kappa shape index (κ1) is 16.6. The molecule has 0 aromatic heterocycles. The topological polar surface area (TPSA) is 30.9 Å². The molecule has 4 heteroatoms. The normalized spacial score (nSPS) is 26.3. The molecule has 0 bridgehead atoms. The third kappa shape index (κ3) is 4.87. The van der Waals surface area contributed by atoms with Gasteiger partial charge in [-0.2, -0.15) is 0 Å². The van der Waals surface area contributed by atoms with Crippen molar-refractivity contribution in [2.75, 3.05) is 46.8 Å². The predicted molar refractivity (Wildman–Crippen MR) is 90.8 cm³/mol. The molecule has 2 fully saturated rings. The summed E-state index contributed by atoms with van der Waals surface area (Å²) >= 11 is 0. The molecule has 1 aliphatic carbocycles. The lowest BCUT2D eigenvalue weighted by Crippen LogP contribution is -2.43. The predicted octanol–water partition coefficient (Wildman–Crippen LogP) is 2.42. The van der Waals surface area contributed by atoms with Crippen molar-refractivity contribution in [3.8, 4) is 0 Å². The van der Waals surface area contributed by atoms with Gasteiger partial charge in [-0.25, -0.2) is 0 Å². The van der Waals surface area contributed by atoms with E-state index < -0.39 is 0 Å². The van der Waals surface area contributed by atoms with E-state index >= 15 is 0 Å². The highest BCUT2D eigenvalue weighted by atomic mass is 15.3. The minimum Gasteiger partial charge on any atom is -0.355 e. The molecule has 2 rings (SSSR count). The Bertz CT molecular complexity index is 315. The molecule has 0 amide bonds. The summed E-state index contributed by atoms with van der Waals surface area (Å²) in [6.45, 7) is 7.98. The van der Waals surface area contributed by atoms with Crippen molar-refractivity contribution in [2.24, 2.45) is 16.8 Å². The van der Waals surface area contributed by atoms with Crippen LogP contribution in [0.4, 0.5) is 0 Å². The number of nitrogens with one attached hydrogen (secondary N) is 1. The van der Waals surface area contributed by atoms with Gasteiger partial charge in [0.15, 0.2) is 5.96 Å². The summed E-state index contributed by atoms with van der Waals surface area (Å²) in [7, 11) is 4.13. The Morgan fingerprint density at radius 2 is 1.86 bits per heavy atom. The van der Waals surface area contributed by atoms with Gasteiger partial charge < -0.3 is 15.1 Å². The second kappa shape index (κ2) is 8.62. The van der Waals surface area contributed by atoms with Crippen LogP contribution in [0.3, 0.4) is 0 Å². The lowest BCUT2D eigenvalue weighted by molar-refractivity contribution is 0.299. The number of unbranched alkanes of at least 4 members (excludes halogenated alkanes) is 1. The van der Waals surface area contributed by atoms with Crippen molar-refractivity contribution >= 4 is 5.96 Å². The number of likely N-dealkylation sites (tertiary alicyclic amines) is 1. The summed E-state index contributed by atoms with van der Waals surface area (Å²) in [5, 5.41) is 3.56. The van der Waals surface area contributed by atoms with Gasteiger partial charge in [-0.3, -0.25) is 4.99 Å². The average molecular weight is 294 g/mol. The summed E-state index contributed by atoms with van der Waals surface area (Å²) in [6, 6.07) is 0. The van der Waals surface area contributed by atoms with Gasteiger partial charge >= 0.3 is 0 Å². The van der Waals surface area contributed by atoms with Crippen LogP contribution in [0, 0.1) is 11.8 Å². The molecule has 2 aliphatic rings. The molecule has 2 atom stereocenters. The van der Waals surface area contributed by atoms with Crippen LogP contribution in [0.15, 0.2) is 4.99 Å². The molecule has 0 radical (unpaired) electrons. The average Bonchev–Trinajstić information content (AvgIpc) is 2.93. The first-order valence-corrected chi connectivity index (χ1v) is 8.88. The molecule has 1 saturated carbocycles. The van der Waals surface area contributed by atoms with Crippen LogP contribution in [0.5, 0.6) is 0 Å². The van der Waals surface area contributed by atoms with Crippen LogP contribution < -0.4 is 5.32 Å². The maximum atomic E-state index is 4.50. The van der Waals surface area contributed by atoms with Crippen LogP contribution in [0.25, 0.3) is 0 Å². The number of nitrogens with zero attached hydrogens (tertiary/aromatic N) is 3. The Labute approximate surface area is 131 Å². The van der Waals surface area contributed by atoms with Crippen LogP contribution in [-0.4, -0.2) is 62.6 Å². The van der Waals surface area contributed by atoms with E-state index in [9.17, 15) is 0 Å². The Balaban J connectivity index is 1.71. The highest BCUT2D eigenvalue weighted by molar-refractivity contribution is 5.80. The lowest BCUT2D eigenvalue weighted by Gasteiger charge is -2.23. The maximum Gasteiger partial charge on any atom is 0.193 e. The van der Waals surface area contributed by atoms with Gasteiger partial charge in [0, 0.05) is 33.2 Å². The summed E-state index contributed by atoms with van der Waals surface area (Å²) < 4.78 is 0. The zero-order valence-electron chi connectivity index (χ0n) is 14.3. The molecule has 2 unspecified atom stereocenters. The zero-order valence-corrected chi connectivity index (χ0v) is 14.3. The van der Waals surface area contributed by atoms with Crippen molar-refractivity contribution in [3.05, 3.63) is 0 Å². The smallest absolute Gasteiger partial charge is 0.193 e. The largest absolute Gasteiger partial charge is 0.355 e. The standard InChI is InChI=1S/C17H34N4/c1-4-5-11-20(3)12-10-19-17(18-2)21-13-15-8-6-7-9-16(15)14-21/h15-16H,4-14H2,1-3H3,(H,18,19). The zero-order chi connectivity index (χ0) is 15.1. The van der Waals surface area contributed by atoms with E-state index in [-0.39, 0.29) is 0 Å². The molecule has 1 aliphatic heterocycles. The van der Waals surface area contributed by atoms with Crippen LogP contribution in [-0.2, 0) is 0 Å². The molecule has 122 valence electrons. The van der Waals surface area contributed by atoms with E-state index in [1.165, 1.54) is 58.2 Å². The Morgan fingerprint density at radius 1 is 1.19 bits per heavy atom. The molecule has 1 N–H and O–H groups in total. The fourth-order valence-electron chi connectivity index (χ4n) is 3.81. The van der Waals surface area contributed by atoms with Crippen molar-refractivity contribution < 1.29 is 0 Å². The first-order chi connectivity index (χ1) is 10.2. The summed E-state index contributed by atoms with van der Waals surface area (Å²) in [5.41, 5.74) is 0. The third-order valence-corrected chi connectivity index (χ3v) is 5.16. The van der Waals surface area contributed by atoms with E-state index in [0.29, 0.717) is 0 Å². The number of aliphatic imine (C=N–C) groups is 1. The number of fused-ring (bicyclic) bond motifs is 1. The van der Waals surface area contributed by atoms with E-state index in [4.69, 9.17) is 0 Å². The Morgan fingerprint density at radius 3 is 2.43 bits per heavy atom. The second-order valence-electron chi connectivity index (χ2n) is 6.84. The molecule has 0 aromatic rings. The van der Waals surface area contributed by atoms with Gasteiger partial charge in [-0.05, 0) is 44.7 Å². The maximum absolute atomic E-state index is 4.50. The molecule has 21 heavy (non-hydrogen) atoms. The number of rotatable bonds is 6. The van der Waals surface area contributed by atoms with E-state index in [0.717, 1.165) is 30.9 Å². The van der Waals surface area contributed by atoms with E-state index in [2.05, 4.69) is 34.1 Å². The minimum atomic E-state index is 0.921. The van der Waals surface area contributed by atoms with Gasteiger partial charge in [0.2, 0.25) is 0 Å². The van der Waals surface area contributed by atoms with E-state index in [1.807, 2.05) is 7.05 Å². The second-order valence-corrected chi connectivity index (χ2v) is 6.84. The summed E-state index contributed by atoms with van der Waals surface area (Å²) in [4.78, 5) is 9.40. The Hall–Kier alpha value is -0.770. The van der Waals surface area contributed by atoms with E-state index in [1.54, 1.807) is 0 Å². The van der Waals surface area contributed by atoms with Crippen LogP contribution >= 0.6 is 0 Å². The molecule has 0 aromatic carbocycles.